The molecule has 0 radical (unpaired) electrons. The normalized spacial score (nSPS) is 9.90. The van der Waals surface area contributed by atoms with Gasteiger partial charge in [-0.25, -0.2) is 4.79 Å². The minimum absolute atomic E-state index is 0.110. The molecular weight excluding hydrogens is 256 g/mol. The fourth-order valence-corrected chi connectivity index (χ4v) is 1.65. The second-order valence-corrected chi connectivity index (χ2v) is 4.46. The summed E-state index contributed by atoms with van der Waals surface area (Å²) in [5, 5.41) is 5.35. The first kappa shape index (κ1) is 16.0. The lowest BCUT2D eigenvalue weighted by molar-refractivity contribution is -0.120. The Morgan fingerprint density at radius 3 is 2.50 bits per heavy atom. The number of urea groups is 1. The summed E-state index contributed by atoms with van der Waals surface area (Å²) < 4.78 is 0. The number of nitrogens with two attached hydrogens (primary N) is 1. The van der Waals surface area contributed by atoms with Gasteiger partial charge in [0.25, 0.3) is 0 Å². The first-order valence-corrected chi connectivity index (χ1v) is 6.63. The molecule has 3 amide bonds. The molecule has 1 aromatic rings. The second kappa shape index (κ2) is 8.92. The number of carbonyl (C=O) groups excluding carboxylic acids is 2. The van der Waals surface area contributed by atoms with Crippen molar-refractivity contribution >= 4 is 11.9 Å². The molecule has 0 heterocycles. The fraction of sp³-hybridized carbons (Fsp3) is 0.429. The number of rotatable bonds is 7. The van der Waals surface area contributed by atoms with E-state index in [0.717, 1.165) is 5.56 Å². The monoisotopic (exact) mass is 278 g/mol. The minimum atomic E-state index is -0.194. The van der Waals surface area contributed by atoms with Gasteiger partial charge < -0.3 is 21.3 Å². The first-order valence-electron chi connectivity index (χ1n) is 6.63. The van der Waals surface area contributed by atoms with Gasteiger partial charge in [0.2, 0.25) is 5.91 Å². The molecule has 1 aromatic carbocycles. The van der Waals surface area contributed by atoms with Gasteiger partial charge in [0.05, 0.1) is 0 Å². The smallest absolute Gasteiger partial charge is 0.317 e. The van der Waals surface area contributed by atoms with Gasteiger partial charge in [0.1, 0.15) is 0 Å². The van der Waals surface area contributed by atoms with Crippen LogP contribution in [0.1, 0.15) is 12.0 Å². The van der Waals surface area contributed by atoms with Crippen molar-refractivity contribution in [1.82, 2.24) is 15.5 Å². The van der Waals surface area contributed by atoms with Crippen molar-refractivity contribution in [3.8, 4) is 0 Å². The van der Waals surface area contributed by atoms with E-state index in [9.17, 15) is 9.59 Å². The standard InChI is InChI=1S/C14H22N4O2/c1-18(11-12-5-3-2-4-6-12)14(20)17-9-7-13(19)16-10-8-15/h2-6H,7-11,15H2,1H3,(H,16,19)(H,17,20). The SMILES string of the molecule is CN(Cc1ccccc1)C(=O)NCCC(=O)NCCN. The van der Waals surface area contributed by atoms with Gasteiger partial charge in [-0.1, -0.05) is 30.3 Å². The Morgan fingerprint density at radius 2 is 1.85 bits per heavy atom. The van der Waals surface area contributed by atoms with Gasteiger partial charge in [0, 0.05) is 39.6 Å². The van der Waals surface area contributed by atoms with Gasteiger partial charge >= 0.3 is 6.03 Å². The largest absolute Gasteiger partial charge is 0.355 e. The van der Waals surface area contributed by atoms with Crippen LogP contribution in [0.2, 0.25) is 0 Å². The molecule has 0 saturated heterocycles. The summed E-state index contributed by atoms with van der Waals surface area (Å²) in [5.74, 6) is -0.110. The summed E-state index contributed by atoms with van der Waals surface area (Å²) in [6.07, 6.45) is 0.255. The molecule has 6 nitrogen and oxygen atoms in total. The van der Waals surface area contributed by atoms with Crippen molar-refractivity contribution in [3.63, 3.8) is 0 Å². The highest BCUT2D eigenvalue weighted by Crippen LogP contribution is 2.02. The Hall–Kier alpha value is -2.08. The Bertz CT molecular complexity index is 422. The molecule has 0 unspecified atom stereocenters. The van der Waals surface area contributed by atoms with Gasteiger partial charge in [-0.05, 0) is 5.56 Å². The van der Waals surface area contributed by atoms with Crippen LogP contribution in [0.15, 0.2) is 30.3 Å². The number of nitrogens with one attached hydrogen (secondary N) is 2. The maximum Gasteiger partial charge on any atom is 0.317 e. The molecule has 0 atom stereocenters. The molecule has 20 heavy (non-hydrogen) atoms. The molecule has 0 aliphatic rings. The summed E-state index contributed by atoms with van der Waals surface area (Å²) in [6.45, 7) is 1.72. The van der Waals surface area contributed by atoms with Gasteiger partial charge in [-0.3, -0.25) is 4.79 Å². The van der Waals surface area contributed by atoms with Crippen LogP contribution in [0, 0.1) is 0 Å². The average molecular weight is 278 g/mol. The zero-order valence-electron chi connectivity index (χ0n) is 11.8. The molecule has 110 valence electrons. The van der Waals surface area contributed by atoms with Crippen LogP contribution in [0.4, 0.5) is 4.79 Å². The Kier molecular flexibility index (Phi) is 7.13. The lowest BCUT2D eigenvalue weighted by atomic mass is 10.2. The molecule has 4 N–H and O–H groups in total. The number of hydrogen-bond acceptors (Lipinski definition) is 3. The van der Waals surface area contributed by atoms with Crippen LogP contribution in [-0.2, 0) is 11.3 Å². The third kappa shape index (κ3) is 6.19. The lowest BCUT2D eigenvalue weighted by Crippen LogP contribution is -2.39. The fourth-order valence-electron chi connectivity index (χ4n) is 1.65. The molecule has 0 aliphatic carbocycles. The molecule has 0 aromatic heterocycles. The molecule has 0 bridgehead atoms. The van der Waals surface area contributed by atoms with E-state index in [4.69, 9.17) is 5.73 Å². The minimum Gasteiger partial charge on any atom is -0.355 e. The number of nitrogens with zero attached hydrogens (tertiary/aromatic N) is 1. The molecule has 0 spiro atoms. The zero-order chi connectivity index (χ0) is 14.8. The van der Waals surface area contributed by atoms with E-state index in [-0.39, 0.29) is 18.4 Å². The Labute approximate surface area is 119 Å². The summed E-state index contributed by atoms with van der Waals surface area (Å²) in [7, 11) is 1.72. The highest BCUT2D eigenvalue weighted by atomic mass is 16.2. The van der Waals surface area contributed by atoms with Crippen molar-refractivity contribution in [2.24, 2.45) is 5.73 Å². The van der Waals surface area contributed by atoms with E-state index < -0.39 is 0 Å². The lowest BCUT2D eigenvalue weighted by Gasteiger charge is -2.18. The molecule has 1 rings (SSSR count). The summed E-state index contributed by atoms with van der Waals surface area (Å²) >= 11 is 0. The van der Waals surface area contributed by atoms with Gasteiger partial charge in [-0.2, -0.15) is 0 Å². The van der Waals surface area contributed by atoms with Crippen molar-refractivity contribution in [3.05, 3.63) is 35.9 Å². The van der Waals surface area contributed by atoms with Crippen LogP contribution < -0.4 is 16.4 Å². The highest BCUT2D eigenvalue weighted by molar-refractivity contribution is 5.78. The first-order chi connectivity index (χ1) is 9.63. The number of amides is 3. The topological polar surface area (TPSA) is 87.5 Å². The molecule has 0 saturated carbocycles. The molecule has 6 heteroatoms. The van der Waals surface area contributed by atoms with Crippen LogP contribution >= 0.6 is 0 Å². The highest BCUT2D eigenvalue weighted by Gasteiger charge is 2.09. The Balaban J connectivity index is 2.23. The third-order valence-corrected chi connectivity index (χ3v) is 2.70. The third-order valence-electron chi connectivity index (χ3n) is 2.70. The number of hydrogen-bond donors (Lipinski definition) is 3. The number of benzene rings is 1. The average Bonchev–Trinajstić information content (AvgIpc) is 2.46. The molecule has 0 aliphatic heterocycles. The van der Waals surface area contributed by atoms with Crippen molar-refractivity contribution in [2.75, 3.05) is 26.7 Å². The summed E-state index contributed by atoms with van der Waals surface area (Å²) in [6, 6.07) is 9.53. The van der Waals surface area contributed by atoms with Crippen LogP contribution in [0.25, 0.3) is 0 Å². The van der Waals surface area contributed by atoms with Crippen molar-refractivity contribution < 1.29 is 9.59 Å². The number of carbonyl (C=O) groups is 2. The second-order valence-electron chi connectivity index (χ2n) is 4.46. The summed E-state index contributed by atoms with van der Waals surface area (Å²) in [5.41, 5.74) is 6.34. The maximum atomic E-state index is 11.8. The predicted octanol–water partition coefficient (Wildman–Crippen LogP) is 0.293. The zero-order valence-corrected chi connectivity index (χ0v) is 11.8. The van der Waals surface area contributed by atoms with E-state index in [1.807, 2.05) is 30.3 Å². The van der Waals surface area contributed by atoms with Crippen LogP contribution in [-0.4, -0.2) is 43.5 Å². The maximum absolute atomic E-state index is 11.8. The van der Waals surface area contributed by atoms with E-state index in [1.54, 1.807) is 11.9 Å². The van der Waals surface area contributed by atoms with E-state index in [0.29, 0.717) is 26.2 Å². The predicted molar refractivity (Wildman–Crippen MR) is 78.0 cm³/mol. The van der Waals surface area contributed by atoms with Crippen LogP contribution in [0.3, 0.4) is 0 Å². The molecule has 0 fully saturated rings. The van der Waals surface area contributed by atoms with Gasteiger partial charge in [-0.15, -0.1) is 0 Å². The van der Waals surface area contributed by atoms with E-state index >= 15 is 0 Å². The van der Waals surface area contributed by atoms with Crippen molar-refractivity contribution in [1.29, 1.82) is 0 Å². The van der Waals surface area contributed by atoms with Crippen molar-refractivity contribution in [2.45, 2.75) is 13.0 Å². The molecular formula is C14H22N4O2. The Morgan fingerprint density at radius 1 is 1.15 bits per heavy atom. The van der Waals surface area contributed by atoms with Crippen LogP contribution in [0.5, 0.6) is 0 Å². The van der Waals surface area contributed by atoms with E-state index in [2.05, 4.69) is 10.6 Å². The van der Waals surface area contributed by atoms with Gasteiger partial charge in [0.15, 0.2) is 0 Å². The quantitative estimate of drug-likeness (QED) is 0.670. The van der Waals surface area contributed by atoms with E-state index in [1.165, 1.54) is 0 Å². The summed E-state index contributed by atoms with van der Waals surface area (Å²) in [4.78, 5) is 24.7.